The standard InChI is InChI=1S/C11H21N3O/c1-9-4-2-5-11(9,15)8-13-10(12)14-6-3-7-14/h9,15H,2-8H2,1H3,(H2,12,13). The molecule has 1 aliphatic carbocycles. The van der Waals surface area contributed by atoms with Crippen LogP contribution in [0.15, 0.2) is 4.99 Å². The van der Waals surface area contributed by atoms with Gasteiger partial charge >= 0.3 is 0 Å². The van der Waals surface area contributed by atoms with Crippen molar-refractivity contribution >= 4 is 5.96 Å². The highest BCUT2D eigenvalue weighted by Crippen LogP contribution is 2.35. The molecule has 1 heterocycles. The number of aliphatic imine (C=N–C) groups is 1. The normalized spacial score (nSPS) is 36.8. The fraction of sp³-hybridized carbons (Fsp3) is 0.909. The van der Waals surface area contributed by atoms with Crippen LogP contribution < -0.4 is 5.73 Å². The zero-order chi connectivity index (χ0) is 10.9. The average Bonchev–Trinajstić information content (AvgIpc) is 2.42. The maximum absolute atomic E-state index is 10.3. The Hall–Kier alpha value is -0.770. The van der Waals surface area contributed by atoms with Crippen molar-refractivity contribution in [3.05, 3.63) is 0 Å². The quantitative estimate of drug-likeness (QED) is 0.518. The number of hydrogen-bond acceptors (Lipinski definition) is 2. The van der Waals surface area contributed by atoms with Gasteiger partial charge in [-0.3, -0.25) is 4.99 Å². The molecule has 3 N–H and O–H groups in total. The Labute approximate surface area is 91.2 Å². The van der Waals surface area contributed by atoms with E-state index in [1.165, 1.54) is 6.42 Å². The second-order valence-electron chi connectivity index (χ2n) is 4.91. The van der Waals surface area contributed by atoms with Crippen molar-refractivity contribution in [2.24, 2.45) is 16.6 Å². The van der Waals surface area contributed by atoms with E-state index in [-0.39, 0.29) is 0 Å². The van der Waals surface area contributed by atoms with Gasteiger partial charge in [-0.1, -0.05) is 13.3 Å². The second-order valence-corrected chi connectivity index (χ2v) is 4.91. The maximum Gasteiger partial charge on any atom is 0.191 e. The minimum absolute atomic E-state index is 0.352. The summed E-state index contributed by atoms with van der Waals surface area (Å²) < 4.78 is 0. The zero-order valence-electron chi connectivity index (χ0n) is 9.45. The van der Waals surface area contributed by atoms with Gasteiger partial charge in [-0.05, 0) is 25.2 Å². The highest BCUT2D eigenvalue weighted by Gasteiger charge is 2.38. The lowest BCUT2D eigenvalue weighted by molar-refractivity contribution is 0.0184. The van der Waals surface area contributed by atoms with Crippen LogP contribution in [0.25, 0.3) is 0 Å². The molecule has 15 heavy (non-hydrogen) atoms. The van der Waals surface area contributed by atoms with E-state index in [1.807, 2.05) is 0 Å². The summed E-state index contributed by atoms with van der Waals surface area (Å²) >= 11 is 0. The highest BCUT2D eigenvalue weighted by atomic mass is 16.3. The number of hydrogen-bond donors (Lipinski definition) is 2. The van der Waals surface area contributed by atoms with Crippen LogP contribution in [0.5, 0.6) is 0 Å². The van der Waals surface area contributed by atoms with Crippen LogP contribution in [0.2, 0.25) is 0 Å². The summed E-state index contributed by atoms with van der Waals surface area (Å²) in [5.74, 6) is 0.958. The van der Waals surface area contributed by atoms with Gasteiger partial charge in [0.05, 0.1) is 12.1 Å². The topological polar surface area (TPSA) is 61.9 Å². The van der Waals surface area contributed by atoms with Gasteiger partial charge in [-0.15, -0.1) is 0 Å². The highest BCUT2D eigenvalue weighted by molar-refractivity contribution is 5.78. The summed E-state index contributed by atoms with van der Waals surface area (Å²) in [6.07, 6.45) is 4.29. The Morgan fingerprint density at radius 3 is 2.73 bits per heavy atom. The number of nitrogens with zero attached hydrogens (tertiary/aromatic N) is 2. The molecule has 0 aromatic carbocycles. The molecule has 2 rings (SSSR count). The summed E-state index contributed by atoms with van der Waals surface area (Å²) in [6.45, 7) is 4.60. The van der Waals surface area contributed by atoms with Crippen molar-refractivity contribution < 1.29 is 5.11 Å². The molecule has 2 unspecified atom stereocenters. The van der Waals surface area contributed by atoms with E-state index in [2.05, 4.69) is 16.8 Å². The molecule has 0 bridgehead atoms. The summed E-state index contributed by atoms with van der Waals surface area (Å²) in [4.78, 5) is 6.38. The van der Waals surface area contributed by atoms with E-state index in [0.717, 1.165) is 32.4 Å². The van der Waals surface area contributed by atoms with E-state index in [1.54, 1.807) is 0 Å². The number of nitrogens with two attached hydrogens (primary N) is 1. The van der Waals surface area contributed by atoms with Crippen molar-refractivity contribution in [2.45, 2.75) is 38.2 Å². The first-order valence-corrected chi connectivity index (χ1v) is 5.89. The first-order chi connectivity index (χ1) is 7.12. The lowest BCUT2D eigenvalue weighted by atomic mass is 9.93. The van der Waals surface area contributed by atoms with Crippen molar-refractivity contribution in [3.8, 4) is 0 Å². The number of guanidine groups is 1. The van der Waals surface area contributed by atoms with Gasteiger partial charge in [0.2, 0.25) is 0 Å². The number of aliphatic hydroxyl groups is 1. The Balaban J connectivity index is 1.90. The lowest BCUT2D eigenvalue weighted by Crippen LogP contribution is -2.47. The molecular formula is C11H21N3O. The molecule has 0 radical (unpaired) electrons. The largest absolute Gasteiger partial charge is 0.388 e. The molecule has 0 spiro atoms. The van der Waals surface area contributed by atoms with Crippen LogP contribution in [0.3, 0.4) is 0 Å². The van der Waals surface area contributed by atoms with Gasteiger partial charge in [0, 0.05) is 13.1 Å². The van der Waals surface area contributed by atoms with E-state index >= 15 is 0 Å². The molecule has 1 saturated carbocycles. The molecule has 86 valence electrons. The smallest absolute Gasteiger partial charge is 0.191 e. The van der Waals surface area contributed by atoms with Gasteiger partial charge in [0.1, 0.15) is 0 Å². The fourth-order valence-corrected chi connectivity index (χ4v) is 2.33. The third-order valence-electron chi connectivity index (χ3n) is 3.86. The van der Waals surface area contributed by atoms with Gasteiger partial charge in [0.15, 0.2) is 5.96 Å². The third-order valence-corrected chi connectivity index (χ3v) is 3.86. The van der Waals surface area contributed by atoms with Crippen LogP contribution in [-0.2, 0) is 0 Å². The van der Waals surface area contributed by atoms with Crippen molar-refractivity contribution in [2.75, 3.05) is 19.6 Å². The van der Waals surface area contributed by atoms with Crippen LogP contribution in [0.4, 0.5) is 0 Å². The van der Waals surface area contributed by atoms with Crippen LogP contribution >= 0.6 is 0 Å². The maximum atomic E-state index is 10.3. The van der Waals surface area contributed by atoms with E-state index in [9.17, 15) is 5.11 Å². The Bertz CT molecular complexity index is 263. The first-order valence-electron chi connectivity index (χ1n) is 5.89. The Morgan fingerprint density at radius 1 is 1.53 bits per heavy atom. The lowest BCUT2D eigenvalue weighted by Gasteiger charge is -2.33. The minimum atomic E-state index is -0.602. The van der Waals surface area contributed by atoms with E-state index in [0.29, 0.717) is 18.4 Å². The molecule has 4 heteroatoms. The molecule has 2 aliphatic rings. The summed E-state index contributed by atoms with van der Waals surface area (Å²) in [6, 6.07) is 0. The van der Waals surface area contributed by atoms with Crippen molar-refractivity contribution in [3.63, 3.8) is 0 Å². The van der Waals surface area contributed by atoms with Crippen molar-refractivity contribution in [1.29, 1.82) is 0 Å². The van der Waals surface area contributed by atoms with E-state index < -0.39 is 5.60 Å². The molecule has 2 atom stereocenters. The number of rotatable bonds is 2. The third kappa shape index (κ3) is 2.09. The van der Waals surface area contributed by atoms with Gasteiger partial charge in [-0.25, -0.2) is 0 Å². The van der Waals surface area contributed by atoms with E-state index in [4.69, 9.17) is 5.73 Å². The average molecular weight is 211 g/mol. The summed E-state index contributed by atoms with van der Waals surface area (Å²) in [7, 11) is 0. The predicted molar refractivity (Wildman–Crippen MR) is 60.6 cm³/mol. The molecule has 4 nitrogen and oxygen atoms in total. The van der Waals surface area contributed by atoms with Crippen LogP contribution in [-0.4, -0.2) is 41.2 Å². The first kappa shape index (κ1) is 10.7. The summed E-state index contributed by atoms with van der Waals surface area (Å²) in [5, 5.41) is 10.3. The zero-order valence-corrected chi connectivity index (χ0v) is 9.45. The number of likely N-dealkylation sites (tertiary alicyclic amines) is 1. The molecule has 2 fully saturated rings. The molecular weight excluding hydrogens is 190 g/mol. The SMILES string of the molecule is CC1CCCC1(O)CN=C(N)N1CCC1. The second kappa shape index (κ2) is 4.00. The molecule has 1 saturated heterocycles. The Kier molecular flexibility index (Phi) is 2.87. The summed E-state index contributed by atoms with van der Waals surface area (Å²) in [5.41, 5.74) is 5.22. The predicted octanol–water partition coefficient (Wildman–Crippen LogP) is 0.558. The minimum Gasteiger partial charge on any atom is -0.388 e. The Morgan fingerprint density at radius 2 is 2.27 bits per heavy atom. The van der Waals surface area contributed by atoms with Gasteiger partial charge in [-0.2, -0.15) is 0 Å². The van der Waals surface area contributed by atoms with Crippen molar-refractivity contribution in [1.82, 2.24) is 4.90 Å². The van der Waals surface area contributed by atoms with Crippen LogP contribution in [0.1, 0.15) is 32.6 Å². The van der Waals surface area contributed by atoms with Crippen LogP contribution in [0, 0.1) is 5.92 Å². The fourth-order valence-electron chi connectivity index (χ4n) is 2.33. The molecule has 0 aromatic heterocycles. The molecule has 1 aliphatic heterocycles. The molecule has 0 aromatic rings. The van der Waals surface area contributed by atoms with Gasteiger partial charge in [0.25, 0.3) is 0 Å². The molecule has 0 amide bonds. The monoisotopic (exact) mass is 211 g/mol. The van der Waals surface area contributed by atoms with Gasteiger partial charge < -0.3 is 15.7 Å².